The lowest BCUT2D eigenvalue weighted by Gasteiger charge is -2.00. The largest absolute Gasteiger partial charge is 0.388 e. The lowest BCUT2D eigenvalue weighted by molar-refractivity contribution is 0.626. The van der Waals surface area contributed by atoms with E-state index in [1.165, 1.54) is 12.1 Å². The Morgan fingerprint density at radius 3 is 2.33 bits per heavy atom. The van der Waals surface area contributed by atoms with Crippen molar-refractivity contribution in [1.29, 1.82) is 5.41 Å². The summed E-state index contributed by atoms with van der Waals surface area (Å²) in [6, 6.07) is 6.53. The van der Waals surface area contributed by atoms with E-state index in [0.717, 1.165) is 24.8 Å². The van der Waals surface area contributed by atoms with E-state index in [-0.39, 0.29) is 24.1 Å². The van der Waals surface area contributed by atoms with Crippen molar-refractivity contribution in [2.75, 3.05) is 0 Å². The molecule has 0 aromatic heterocycles. The van der Waals surface area contributed by atoms with Crippen LogP contribution in [0.3, 0.4) is 0 Å². The number of aryl methyl sites for hydroxylation is 1. The standard InChI is InChI=1S/C11H15FN2.ClH/c12-10-7-5-9(6-8-10)3-1-2-4-11(13)14;/h5-8H,1-4H2,(H3,13,14);1H. The molecule has 0 spiro atoms. The monoisotopic (exact) mass is 230 g/mol. The first-order chi connectivity index (χ1) is 6.68. The summed E-state index contributed by atoms with van der Waals surface area (Å²) in [5.74, 6) is 0.0431. The van der Waals surface area contributed by atoms with Gasteiger partial charge in [0.15, 0.2) is 0 Å². The van der Waals surface area contributed by atoms with Crippen LogP contribution >= 0.6 is 12.4 Å². The lowest BCUT2D eigenvalue weighted by Crippen LogP contribution is -2.08. The van der Waals surface area contributed by atoms with E-state index in [2.05, 4.69) is 0 Å². The molecule has 0 aliphatic carbocycles. The van der Waals surface area contributed by atoms with Gasteiger partial charge in [0.05, 0.1) is 5.84 Å². The first-order valence-corrected chi connectivity index (χ1v) is 4.76. The molecule has 15 heavy (non-hydrogen) atoms. The van der Waals surface area contributed by atoms with Crippen molar-refractivity contribution < 1.29 is 4.39 Å². The van der Waals surface area contributed by atoms with Gasteiger partial charge in [-0.1, -0.05) is 12.1 Å². The highest BCUT2D eigenvalue weighted by molar-refractivity contribution is 5.85. The number of nitrogens with one attached hydrogen (secondary N) is 1. The molecule has 0 aliphatic rings. The molecule has 1 rings (SSSR count). The fourth-order valence-electron chi connectivity index (χ4n) is 1.30. The van der Waals surface area contributed by atoms with E-state index in [0.29, 0.717) is 6.42 Å². The van der Waals surface area contributed by atoms with E-state index < -0.39 is 0 Å². The van der Waals surface area contributed by atoms with Gasteiger partial charge in [-0.05, 0) is 37.0 Å². The molecule has 4 heteroatoms. The molecule has 0 saturated carbocycles. The molecule has 1 aromatic rings. The number of amidine groups is 1. The van der Waals surface area contributed by atoms with Crippen LogP contribution < -0.4 is 5.73 Å². The summed E-state index contributed by atoms with van der Waals surface area (Å²) in [6.07, 6.45) is 3.49. The van der Waals surface area contributed by atoms with Gasteiger partial charge in [-0.2, -0.15) is 0 Å². The van der Waals surface area contributed by atoms with Gasteiger partial charge in [-0.25, -0.2) is 4.39 Å². The second-order valence-electron chi connectivity index (χ2n) is 3.36. The van der Waals surface area contributed by atoms with Gasteiger partial charge in [0, 0.05) is 6.42 Å². The third kappa shape index (κ3) is 6.07. The maximum Gasteiger partial charge on any atom is 0.123 e. The Hall–Kier alpha value is -1.09. The van der Waals surface area contributed by atoms with Crippen LogP contribution in [0.25, 0.3) is 0 Å². The number of nitrogens with two attached hydrogens (primary N) is 1. The molecular formula is C11H16ClFN2. The normalized spacial score (nSPS) is 9.40. The molecule has 0 amide bonds. The molecule has 0 saturated heterocycles. The molecule has 0 aliphatic heterocycles. The molecule has 0 atom stereocenters. The average molecular weight is 231 g/mol. The van der Waals surface area contributed by atoms with Crippen molar-refractivity contribution in [2.45, 2.75) is 25.7 Å². The molecule has 84 valence electrons. The highest BCUT2D eigenvalue weighted by atomic mass is 35.5. The van der Waals surface area contributed by atoms with Crippen molar-refractivity contribution in [1.82, 2.24) is 0 Å². The molecule has 0 bridgehead atoms. The second kappa shape index (κ2) is 7.23. The average Bonchev–Trinajstić information content (AvgIpc) is 2.15. The summed E-state index contributed by atoms with van der Waals surface area (Å²) in [5, 5.41) is 7.03. The van der Waals surface area contributed by atoms with Crippen LogP contribution in [0.5, 0.6) is 0 Å². The highest BCUT2D eigenvalue weighted by Crippen LogP contribution is 2.07. The molecule has 0 fully saturated rings. The zero-order valence-corrected chi connectivity index (χ0v) is 9.32. The third-order valence-corrected chi connectivity index (χ3v) is 2.07. The summed E-state index contributed by atoms with van der Waals surface area (Å²) >= 11 is 0. The predicted molar refractivity (Wildman–Crippen MR) is 63.1 cm³/mol. The number of halogens is 2. The smallest absolute Gasteiger partial charge is 0.123 e. The number of hydrogen-bond acceptors (Lipinski definition) is 1. The topological polar surface area (TPSA) is 49.9 Å². The van der Waals surface area contributed by atoms with Gasteiger partial charge < -0.3 is 5.73 Å². The summed E-state index contributed by atoms with van der Waals surface area (Å²) in [7, 11) is 0. The van der Waals surface area contributed by atoms with Crippen molar-refractivity contribution in [2.24, 2.45) is 5.73 Å². The zero-order valence-electron chi connectivity index (χ0n) is 8.50. The van der Waals surface area contributed by atoms with Gasteiger partial charge >= 0.3 is 0 Å². The zero-order chi connectivity index (χ0) is 10.4. The van der Waals surface area contributed by atoms with Crippen LogP contribution in [0.15, 0.2) is 24.3 Å². The van der Waals surface area contributed by atoms with Gasteiger partial charge in [0.25, 0.3) is 0 Å². The molecular weight excluding hydrogens is 215 g/mol. The molecule has 1 aromatic carbocycles. The maximum atomic E-state index is 12.5. The minimum Gasteiger partial charge on any atom is -0.388 e. The lowest BCUT2D eigenvalue weighted by atomic mass is 10.1. The fraction of sp³-hybridized carbons (Fsp3) is 0.364. The Balaban J connectivity index is 0.00000196. The van der Waals surface area contributed by atoms with Crippen molar-refractivity contribution in [3.63, 3.8) is 0 Å². The van der Waals surface area contributed by atoms with Crippen LogP contribution in [0.4, 0.5) is 4.39 Å². The summed E-state index contributed by atoms with van der Waals surface area (Å²) < 4.78 is 12.5. The van der Waals surface area contributed by atoms with Crippen LogP contribution in [0.1, 0.15) is 24.8 Å². The highest BCUT2D eigenvalue weighted by Gasteiger charge is 1.95. The van der Waals surface area contributed by atoms with Crippen LogP contribution in [-0.2, 0) is 6.42 Å². The van der Waals surface area contributed by atoms with Crippen molar-refractivity contribution in [3.05, 3.63) is 35.6 Å². The first kappa shape index (κ1) is 13.9. The Kier molecular flexibility index (Phi) is 6.71. The number of unbranched alkanes of at least 4 members (excludes halogenated alkanes) is 1. The first-order valence-electron chi connectivity index (χ1n) is 4.76. The number of rotatable bonds is 5. The summed E-state index contributed by atoms with van der Waals surface area (Å²) in [5.41, 5.74) is 6.36. The van der Waals surface area contributed by atoms with E-state index >= 15 is 0 Å². The van der Waals surface area contributed by atoms with Crippen molar-refractivity contribution in [3.8, 4) is 0 Å². The Bertz CT molecular complexity index is 298. The summed E-state index contributed by atoms with van der Waals surface area (Å²) in [4.78, 5) is 0. The third-order valence-electron chi connectivity index (χ3n) is 2.07. The maximum absolute atomic E-state index is 12.5. The number of hydrogen-bond donors (Lipinski definition) is 2. The number of benzene rings is 1. The van der Waals surface area contributed by atoms with Crippen molar-refractivity contribution >= 4 is 18.2 Å². The molecule has 2 nitrogen and oxygen atoms in total. The van der Waals surface area contributed by atoms with E-state index in [1.807, 2.05) is 0 Å². The molecule has 0 unspecified atom stereocenters. The molecule has 0 radical (unpaired) electrons. The van der Waals surface area contributed by atoms with Gasteiger partial charge in [0.2, 0.25) is 0 Å². The van der Waals surface area contributed by atoms with Crippen LogP contribution in [0, 0.1) is 11.2 Å². The van der Waals surface area contributed by atoms with Gasteiger partial charge in [0.1, 0.15) is 5.82 Å². The van der Waals surface area contributed by atoms with Gasteiger partial charge in [-0.3, -0.25) is 5.41 Å². The minimum absolute atomic E-state index is 0. The quantitative estimate of drug-likeness (QED) is 0.456. The van der Waals surface area contributed by atoms with Crippen LogP contribution in [-0.4, -0.2) is 5.84 Å². The minimum atomic E-state index is -0.197. The Morgan fingerprint density at radius 2 is 1.80 bits per heavy atom. The Morgan fingerprint density at radius 1 is 1.20 bits per heavy atom. The van der Waals surface area contributed by atoms with Gasteiger partial charge in [-0.15, -0.1) is 12.4 Å². The SMILES string of the molecule is Cl.N=C(N)CCCCc1ccc(F)cc1. The summed E-state index contributed by atoms with van der Waals surface area (Å²) in [6.45, 7) is 0. The second-order valence-corrected chi connectivity index (χ2v) is 3.36. The van der Waals surface area contributed by atoms with E-state index in [1.54, 1.807) is 12.1 Å². The van der Waals surface area contributed by atoms with Crippen LogP contribution in [0.2, 0.25) is 0 Å². The molecule has 0 heterocycles. The predicted octanol–water partition coefficient (Wildman–Crippen LogP) is 2.90. The fourth-order valence-corrected chi connectivity index (χ4v) is 1.30. The van der Waals surface area contributed by atoms with E-state index in [9.17, 15) is 4.39 Å². The molecule has 3 N–H and O–H groups in total. The Labute approximate surface area is 95.6 Å². The van der Waals surface area contributed by atoms with E-state index in [4.69, 9.17) is 11.1 Å².